The summed E-state index contributed by atoms with van der Waals surface area (Å²) in [6.07, 6.45) is 4.39. The van der Waals surface area contributed by atoms with Crippen LogP contribution in [0.2, 0.25) is 0 Å². The van der Waals surface area contributed by atoms with E-state index < -0.39 is 11.6 Å². The normalized spacial score (nSPS) is 19.4. The van der Waals surface area contributed by atoms with E-state index in [-0.39, 0.29) is 11.5 Å². The monoisotopic (exact) mass is 373 g/mol. The highest BCUT2D eigenvalue weighted by Crippen LogP contribution is 2.40. The highest BCUT2D eigenvalue weighted by molar-refractivity contribution is 5.28. The molecule has 1 fully saturated rings. The van der Waals surface area contributed by atoms with E-state index in [0.29, 0.717) is 18.7 Å². The predicted molar refractivity (Wildman–Crippen MR) is 98.3 cm³/mol. The van der Waals surface area contributed by atoms with Crippen molar-refractivity contribution in [3.8, 4) is 0 Å². The van der Waals surface area contributed by atoms with Gasteiger partial charge >= 0.3 is 0 Å². The summed E-state index contributed by atoms with van der Waals surface area (Å²) in [4.78, 5) is 11.5. The van der Waals surface area contributed by atoms with Crippen LogP contribution >= 0.6 is 0 Å². The van der Waals surface area contributed by atoms with Gasteiger partial charge in [0.15, 0.2) is 11.6 Å². The minimum Gasteiger partial charge on any atom is -0.368 e. The Morgan fingerprint density at radius 3 is 2.74 bits per heavy atom. The Morgan fingerprint density at radius 1 is 1.22 bits per heavy atom. The fraction of sp³-hybridized carbons (Fsp3) is 0.524. The summed E-state index contributed by atoms with van der Waals surface area (Å²) in [5.74, 6) is -0.414. The zero-order valence-electron chi connectivity index (χ0n) is 15.8. The summed E-state index contributed by atoms with van der Waals surface area (Å²) in [5, 5.41) is 0. The third-order valence-corrected chi connectivity index (χ3v) is 5.67. The van der Waals surface area contributed by atoms with Crippen molar-refractivity contribution in [1.29, 1.82) is 0 Å². The van der Waals surface area contributed by atoms with Gasteiger partial charge in [-0.1, -0.05) is 26.0 Å². The van der Waals surface area contributed by atoms with Gasteiger partial charge in [-0.2, -0.15) is 0 Å². The molecule has 3 heterocycles. The van der Waals surface area contributed by atoms with Gasteiger partial charge in [-0.15, -0.1) is 0 Å². The van der Waals surface area contributed by atoms with E-state index in [1.807, 2.05) is 6.20 Å². The van der Waals surface area contributed by atoms with E-state index in [9.17, 15) is 8.78 Å². The van der Waals surface area contributed by atoms with Crippen molar-refractivity contribution < 1.29 is 13.5 Å². The molecule has 1 spiro atoms. The van der Waals surface area contributed by atoms with Crippen molar-refractivity contribution in [2.24, 2.45) is 0 Å². The molecule has 1 aromatic heterocycles. The lowest BCUT2D eigenvalue weighted by molar-refractivity contribution is -0.102. The molecule has 4 rings (SSSR count). The minimum atomic E-state index is -0.788. The van der Waals surface area contributed by atoms with Crippen molar-refractivity contribution in [3.05, 3.63) is 58.7 Å². The van der Waals surface area contributed by atoms with Gasteiger partial charge in [-0.05, 0) is 30.9 Å². The first-order valence-corrected chi connectivity index (χ1v) is 9.64. The molecule has 6 heteroatoms. The van der Waals surface area contributed by atoms with Crippen LogP contribution in [0.4, 0.5) is 8.78 Å². The molecule has 0 radical (unpaired) electrons. The van der Waals surface area contributed by atoms with Crippen LogP contribution in [0.5, 0.6) is 0 Å². The van der Waals surface area contributed by atoms with Crippen LogP contribution in [0.3, 0.4) is 0 Å². The number of aromatic nitrogens is 2. The molecule has 0 aliphatic carbocycles. The second-order valence-electron chi connectivity index (χ2n) is 7.84. The Bertz CT molecular complexity index is 832. The van der Waals surface area contributed by atoms with Gasteiger partial charge in [-0.3, -0.25) is 4.90 Å². The van der Waals surface area contributed by atoms with Gasteiger partial charge in [-0.25, -0.2) is 18.7 Å². The largest absolute Gasteiger partial charge is 0.368 e. The van der Waals surface area contributed by atoms with Gasteiger partial charge in [0, 0.05) is 37.3 Å². The molecule has 0 saturated carbocycles. The number of hydrogen-bond acceptors (Lipinski definition) is 4. The van der Waals surface area contributed by atoms with Crippen LogP contribution in [-0.2, 0) is 23.3 Å². The van der Waals surface area contributed by atoms with Crippen molar-refractivity contribution in [3.63, 3.8) is 0 Å². The summed E-state index contributed by atoms with van der Waals surface area (Å²) in [6.45, 7) is 6.79. The molecule has 2 aliphatic heterocycles. The Balaban J connectivity index is 1.52. The summed E-state index contributed by atoms with van der Waals surface area (Å²) in [5.41, 5.74) is 2.23. The SMILES string of the molecule is CC(C)c1ncc2c(n1)C1(CCN(Cc3cccc(F)c3F)CC1)OCC2. The Hall–Kier alpha value is -1.92. The fourth-order valence-electron chi connectivity index (χ4n) is 4.07. The fourth-order valence-corrected chi connectivity index (χ4v) is 4.07. The molecular formula is C21H25F2N3O. The summed E-state index contributed by atoms with van der Waals surface area (Å²) in [7, 11) is 0. The maximum absolute atomic E-state index is 14.0. The highest BCUT2D eigenvalue weighted by atomic mass is 19.2. The smallest absolute Gasteiger partial charge is 0.163 e. The van der Waals surface area contributed by atoms with Crippen LogP contribution in [0.25, 0.3) is 0 Å². The number of rotatable bonds is 3. The average Bonchev–Trinajstić information content (AvgIpc) is 2.67. The first-order valence-electron chi connectivity index (χ1n) is 9.64. The van der Waals surface area contributed by atoms with Crippen LogP contribution in [0.15, 0.2) is 24.4 Å². The number of likely N-dealkylation sites (tertiary alicyclic amines) is 1. The molecule has 0 bridgehead atoms. The summed E-state index contributed by atoms with van der Waals surface area (Å²) < 4.78 is 33.7. The topological polar surface area (TPSA) is 38.2 Å². The van der Waals surface area contributed by atoms with E-state index in [1.54, 1.807) is 12.1 Å². The maximum Gasteiger partial charge on any atom is 0.163 e. The predicted octanol–water partition coefficient (Wildman–Crippen LogP) is 3.94. The Kier molecular flexibility index (Phi) is 4.95. The van der Waals surface area contributed by atoms with Gasteiger partial charge in [0.25, 0.3) is 0 Å². The van der Waals surface area contributed by atoms with E-state index in [4.69, 9.17) is 9.72 Å². The first-order chi connectivity index (χ1) is 13.0. The number of piperidine rings is 1. The lowest BCUT2D eigenvalue weighted by atomic mass is 9.83. The minimum absolute atomic E-state index is 0.269. The molecule has 0 atom stereocenters. The molecular weight excluding hydrogens is 348 g/mol. The molecule has 0 amide bonds. The van der Waals surface area contributed by atoms with Crippen molar-refractivity contribution in [2.45, 2.75) is 51.2 Å². The molecule has 4 nitrogen and oxygen atoms in total. The number of benzene rings is 1. The maximum atomic E-state index is 14.0. The average molecular weight is 373 g/mol. The molecule has 144 valence electrons. The van der Waals surface area contributed by atoms with Crippen molar-refractivity contribution in [1.82, 2.24) is 14.9 Å². The molecule has 2 aromatic rings. The molecule has 1 aromatic carbocycles. The quantitative estimate of drug-likeness (QED) is 0.817. The first kappa shape index (κ1) is 18.4. The van der Waals surface area contributed by atoms with E-state index in [2.05, 4.69) is 23.7 Å². The number of halogens is 2. The van der Waals surface area contributed by atoms with Crippen LogP contribution in [-0.4, -0.2) is 34.6 Å². The number of fused-ring (bicyclic) bond motifs is 2. The lowest BCUT2D eigenvalue weighted by Crippen LogP contribution is -2.47. The van der Waals surface area contributed by atoms with Crippen LogP contribution < -0.4 is 0 Å². The summed E-state index contributed by atoms with van der Waals surface area (Å²) in [6, 6.07) is 4.37. The van der Waals surface area contributed by atoms with E-state index in [1.165, 1.54) is 5.56 Å². The molecule has 2 aliphatic rings. The second-order valence-corrected chi connectivity index (χ2v) is 7.84. The lowest BCUT2D eigenvalue weighted by Gasteiger charge is -2.44. The zero-order chi connectivity index (χ0) is 19.0. The molecule has 1 saturated heterocycles. The molecule has 0 N–H and O–H groups in total. The Morgan fingerprint density at radius 2 is 2.00 bits per heavy atom. The van der Waals surface area contributed by atoms with E-state index >= 15 is 0 Å². The zero-order valence-corrected chi connectivity index (χ0v) is 15.8. The number of hydrogen-bond donors (Lipinski definition) is 0. The molecule has 0 unspecified atom stereocenters. The second kappa shape index (κ2) is 7.24. The van der Waals surface area contributed by atoms with Gasteiger partial charge < -0.3 is 4.74 Å². The Labute approximate surface area is 158 Å². The number of ether oxygens (including phenoxy) is 1. The van der Waals surface area contributed by atoms with E-state index in [0.717, 1.165) is 49.9 Å². The van der Waals surface area contributed by atoms with Crippen LogP contribution in [0, 0.1) is 11.6 Å². The highest BCUT2D eigenvalue weighted by Gasteiger charge is 2.42. The van der Waals surface area contributed by atoms with Gasteiger partial charge in [0.1, 0.15) is 11.4 Å². The standard InChI is InChI=1S/C21H25F2N3O/c1-14(2)20-24-12-15-6-11-27-21(19(15)25-20)7-9-26(10-8-21)13-16-4-3-5-17(22)18(16)23/h3-5,12,14H,6-11,13H2,1-2H3. The van der Waals surface area contributed by atoms with Gasteiger partial charge in [0.2, 0.25) is 0 Å². The van der Waals surface area contributed by atoms with Crippen molar-refractivity contribution >= 4 is 0 Å². The number of nitrogens with zero attached hydrogens (tertiary/aromatic N) is 3. The molecule has 27 heavy (non-hydrogen) atoms. The summed E-state index contributed by atoms with van der Waals surface area (Å²) >= 11 is 0. The van der Waals surface area contributed by atoms with Crippen molar-refractivity contribution in [2.75, 3.05) is 19.7 Å². The van der Waals surface area contributed by atoms with Gasteiger partial charge in [0.05, 0.1) is 12.3 Å². The third kappa shape index (κ3) is 3.48. The van der Waals surface area contributed by atoms with Crippen LogP contribution in [0.1, 0.15) is 55.3 Å². The third-order valence-electron chi connectivity index (χ3n) is 5.67.